The SMILES string of the molecule is O=C1CCC(c2cccc(OCCNCC(O)COc3ccc(CCOCC4CCC4)cc3)c2)=NN1. The van der Waals surface area contributed by atoms with Gasteiger partial charge in [-0.15, -0.1) is 0 Å². The van der Waals surface area contributed by atoms with Crippen LogP contribution in [0.5, 0.6) is 11.5 Å². The molecule has 194 valence electrons. The van der Waals surface area contributed by atoms with E-state index in [-0.39, 0.29) is 12.5 Å². The molecule has 2 aromatic carbocycles. The van der Waals surface area contributed by atoms with Crippen molar-refractivity contribution in [2.75, 3.05) is 39.5 Å². The van der Waals surface area contributed by atoms with Crippen molar-refractivity contribution in [3.63, 3.8) is 0 Å². The van der Waals surface area contributed by atoms with Crippen LogP contribution in [0.25, 0.3) is 0 Å². The van der Waals surface area contributed by atoms with Gasteiger partial charge in [-0.25, -0.2) is 5.43 Å². The summed E-state index contributed by atoms with van der Waals surface area (Å²) in [5, 5.41) is 17.5. The number of hydrogen-bond donors (Lipinski definition) is 3. The van der Waals surface area contributed by atoms with Crippen LogP contribution >= 0.6 is 0 Å². The number of carbonyl (C=O) groups is 1. The minimum atomic E-state index is -0.618. The van der Waals surface area contributed by atoms with Crippen molar-refractivity contribution in [3.05, 3.63) is 59.7 Å². The Balaban J connectivity index is 1.06. The van der Waals surface area contributed by atoms with Crippen LogP contribution in [0.1, 0.15) is 43.2 Å². The molecule has 3 N–H and O–H groups in total. The van der Waals surface area contributed by atoms with E-state index in [1.54, 1.807) is 0 Å². The fourth-order valence-electron chi connectivity index (χ4n) is 4.06. The summed E-state index contributed by atoms with van der Waals surface area (Å²) < 4.78 is 17.3. The molecule has 1 aliphatic heterocycles. The fraction of sp³-hybridized carbons (Fsp3) is 0.500. The lowest BCUT2D eigenvalue weighted by Crippen LogP contribution is -2.33. The van der Waals surface area contributed by atoms with E-state index in [1.165, 1.54) is 24.8 Å². The van der Waals surface area contributed by atoms with E-state index >= 15 is 0 Å². The van der Waals surface area contributed by atoms with E-state index in [0.717, 1.165) is 48.3 Å². The maximum absolute atomic E-state index is 11.3. The zero-order chi connectivity index (χ0) is 25.0. The lowest BCUT2D eigenvalue weighted by molar-refractivity contribution is -0.121. The molecule has 0 aromatic heterocycles. The lowest BCUT2D eigenvalue weighted by atomic mass is 9.86. The van der Waals surface area contributed by atoms with E-state index in [1.807, 2.05) is 36.4 Å². The lowest BCUT2D eigenvalue weighted by Gasteiger charge is -2.24. The largest absolute Gasteiger partial charge is 0.492 e. The number of ether oxygens (including phenoxy) is 3. The Morgan fingerprint density at radius 1 is 1.06 bits per heavy atom. The van der Waals surface area contributed by atoms with Crippen LogP contribution in [0.3, 0.4) is 0 Å². The molecular weight excluding hydrogens is 458 g/mol. The highest BCUT2D eigenvalue weighted by molar-refractivity contribution is 6.04. The van der Waals surface area contributed by atoms with Crippen molar-refractivity contribution < 1.29 is 24.1 Å². The molecule has 36 heavy (non-hydrogen) atoms. The minimum absolute atomic E-state index is 0.0573. The molecule has 8 nitrogen and oxygen atoms in total. The molecule has 1 amide bonds. The third-order valence-corrected chi connectivity index (χ3v) is 6.48. The second kappa shape index (κ2) is 14.0. The van der Waals surface area contributed by atoms with Crippen molar-refractivity contribution in [1.29, 1.82) is 0 Å². The zero-order valence-corrected chi connectivity index (χ0v) is 20.8. The van der Waals surface area contributed by atoms with Gasteiger partial charge in [0.25, 0.3) is 0 Å². The Hall–Kier alpha value is -2.94. The number of rotatable bonds is 15. The Kier molecular flexibility index (Phi) is 10.1. The van der Waals surface area contributed by atoms with Gasteiger partial charge in [0.1, 0.15) is 30.8 Å². The van der Waals surface area contributed by atoms with Crippen LogP contribution < -0.4 is 20.2 Å². The first-order chi connectivity index (χ1) is 17.7. The van der Waals surface area contributed by atoms with E-state index in [0.29, 0.717) is 32.5 Å². The molecule has 1 aliphatic carbocycles. The number of hydrazone groups is 1. The molecule has 2 aliphatic rings. The smallest absolute Gasteiger partial charge is 0.240 e. The van der Waals surface area contributed by atoms with Crippen LogP contribution in [0.4, 0.5) is 0 Å². The normalized spacial score (nSPS) is 16.6. The van der Waals surface area contributed by atoms with Crippen molar-refractivity contribution in [2.45, 2.75) is 44.6 Å². The predicted molar refractivity (Wildman–Crippen MR) is 139 cm³/mol. The van der Waals surface area contributed by atoms with Gasteiger partial charge in [0.05, 0.1) is 12.3 Å². The second-order valence-corrected chi connectivity index (χ2v) is 9.40. The minimum Gasteiger partial charge on any atom is -0.492 e. The molecule has 4 rings (SSSR count). The van der Waals surface area contributed by atoms with Gasteiger partial charge in [-0.3, -0.25) is 4.79 Å². The Labute approximate surface area is 213 Å². The third-order valence-electron chi connectivity index (χ3n) is 6.48. The zero-order valence-electron chi connectivity index (χ0n) is 20.8. The Bertz CT molecular complexity index is 991. The summed E-state index contributed by atoms with van der Waals surface area (Å²) in [5.74, 6) is 2.21. The van der Waals surface area contributed by atoms with E-state index in [2.05, 4.69) is 28.0 Å². The highest BCUT2D eigenvalue weighted by atomic mass is 16.5. The molecule has 1 saturated carbocycles. The summed E-state index contributed by atoms with van der Waals surface area (Å²) in [6.45, 7) is 3.34. The molecule has 1 fully saturated rings. The van der Waals surface area contributed by atoms with Crippen molar-refractivity contribution in [1.82, 2.24) is 10.7 Å². The van der Waals surface area contributed by atoms with Crippen LogP contribution in [0.15, 0.2) is 53.6 Å². The first-order valence-electron chi connectivity index (χ1n) is 12.9. The van der Waals surface area contributed by atoms with Crippen molar-refractivity contribution in [2.24, 2.45) is 11.0 Å². The van der Waals surface area contributed by atoms with Gasteiger partial charge in [0, 0.05) is 38.1 Å². The van der Waals surface area contributed by atoms with E-state index in [4.69, 9.17) is 14.2 Å². The van der Waals surface area contributed by atoms with Crippen molar-refractivity contribution in [3.8, 4) is 11.5 Å². The number of aliphatic hydroxyl groups is 1. The van der Waals surface area contributed by atoms with E-state index in [9.17, 15) is 9.90 Å². The van der Waals surface area contributed by atoms with Crippen LogP contribution in [0.2, 0.25) is 0 Å². The highest BCUT2D eigenvalue weighted by Crippen LogP contribution is 2.26. The maximum atomic E-state index is 11.3. The number of amides is 1. The first-order valence-corrected chi connectivity index (χ1v) is 12.9. The monoisotopic (exact) mass is 495 g/mol. The second-order valence-electron chi connectivity index (χ2n) is 9.40. The first kappa shape index (κ1) is 26.1. The number of carbonyl (C=O) groups excluding carboxylic acids is 1. The number of hydrogen-bond acceptors (Lipinski definition) is 7. The van der Waals surface area contributed by atoms with Gasteiger partial charge in [0.2, 0.25) is 5.91 Å². The molecule has 0 bridgehead atoms. The fourth-order valence-corrected chi connectivity index (χ4v) is 4.06. The topological polar surface area (TPSA) is 101 Å². The van der Waals surface area contributed by atoms with Crippen LogP contribution in [0, 0.1) is 5.92 Å². The van der Waals surface area contributed by atoms with Gasteiger partial charge in [-0.05, 0) is 55.0 Å². The van der Waals surface area contributed by atoms with Gasteiger partial charge in [-0.2, -0.15) is 5.10 Å². The average molecular weight is 496 g/mol. The summed E-state index contributed by atoms with van der Waals surface area (Å²) >= 11 is 0. The molecular formula is C28H37N3O5. The Morgan fingerprint density at radius 3 is 2.67 bits per heavy atom. The third kappa shape index (κ3) is 8.62. The molecule has 1 heterocycles. The van der Waals surface area contributed by atoms with E-state index < -0.39 is 6.10 Å². The molecule has 0 spiro atoms. The highest BCUT2D eigenvalue weighted by Gasteiger charge is 2.17. The predicted octanol–water partition coefficient (Wildman–Crippen LogP) is 3.07. The van der Waals surface area contributed by atoms with Crippen molar-refractivity contribution >= 4 is 11.6 Å². The average Bonchev–Trinajstić information content (AvgIpc) is 2.87. The summed E-state index contributed by atoms with van der Waals surface area (Å²) in [5.41, 5.74) is 5.54. The summed E-state index contributed by atoms with van der Waals surface area (Å²) in [6.07, 6.45) is 5.33. The van der Waals surface area contributed by atoms with Gasteiger partial charge >= 0.3 is 0 Å². The maximum Gasteiger partial charge on any atom is 0.240 e. The molecule has 0 radical (unpaired) electrons. The molecule has 1 unspecified atom stereocenters. The van der Waals surface area contributed by atoms with Gasteiger partial charge < -0.3 is 24.6 Å². The number of benzene rings is 2. The number of aliphatic hydroxyl groups excluding tert-OH is 1. The summed E-state index contributed by atoms with van der Waals surface area (Å²) in [4.78, 5) is 11.3. The number of nitrogens with zero attached hydrogens (tertiary/aromatic N) is 1. The molecule has 8 heteroatoms. The molecule has 2 aromatic rings. The van der Waals surface area contributed by atoms with Gasteiger partial charge in [0.15, 0.2) is 0 Å². The van der Waals surface area contributed by atoms with Crippen LogP contribution in [-0.2, 0) is 16.0 Å². The number of nitrogens with one attached hydrogen (secondary N) is 2. The van der Waals surface area contributed by atoms with Crippen LogP contribution in [-0.4, -0.2) is 62.3 Å². The quantitative estimate of drug-likeness (QED) is 0.328. The molecule has 0 saturated heterocycles. The summed E-state index contributed by atoms with van der Waals surface area (Å²) in [6, 6.07) is 15.7. The molecule has 1 atom stereocenters. The summed E-state index contributed by atoms with van der Waals surface area (Å²) in [7, 11) is 0. The standard InChI is InChI=1S/C28H37N3O5/c32-24(20-36-25-9-7-21(8-10-25)13-15-34-19-22-3-1-4-22)18-29-14-16-35-26-6-2-5-23(17-26)27-11-12-28(33)31-30-27/h2,5-10,17,22,24,29,32H,1,3-4,11-16,18-20H2,(H,31,33). The van der Waals surface area contributed by atoms with Gasteiger partial charge in [-0.1, -0.05) is 30.7 Å². The Morgan fingerprint density at radius 2 is 1.92 bits per heavy atom.